The minimum absolute atomic E-state index is 0.170. The second-order valence-electron chi connectivity index (χ2n) is 5.93. The van der Waals surface area contributed by atoms with Gasteiger partial charge >= 0.3 is 5.69 Å². The van der Waals surface area contributed by atoms with Crippen LogP contribution < -0.4 is 10.6 Å². The molecule has 1 aromatic heterocycles. The lowest BCUT2D eigenvalue weighted by Gasteiger charge is -2.38. The van der Waals surface area contributed by atoms with E-state index in [9.17, 15) is 10.1 Å². The van der Waals surface area contributed by atoms with Crippen molar-refractivity contribution in [1.29, 1.82) is 0 Å². The number of nitrogens with two attached hydrogens (primary N) is 1. The number of anilines is 1. The molecule has 1 fully saturated rings. The number of hydrogen-bond donors (Lipinski definition) is 1. The zero-order chi connectivity index (χ0) is 15.6. The highest BCUT2D eigenvalue weighted by atomic mass is 16.6. The topological polar surface area (TPSA) is 90.2 Å². The maximum absolute atomic E-state index is 11.5. The number of nitrogens with zero attached hydrogens (tertiary/aromatic N) is 4. The monoisotopic (exact) mass is 295 g/mol. The normalized spacial score (nSPS) is 22.6. The minimum atomic E-state index is -0.286. The van der Waals surface area contributed by atoms with Gasteiger partial charge in [0.25, 0.3) is 0 Å². The van der Waals surface area contributed by atoms with Crippen molar-refractivity contribution >= 4 is 11.5 Å². The van der Waals surface area contributed by atoms with E-state index < -0.39 is 0 Å². The van der Waals surface area contributed by atoms with Crippen LogP contribution in [0.3, 0.4) is 0 Å². The molecule has 7 heteroatoms. The zero-order valence-corrected chi connectivity index (χ0v) is 13.1. The van der Waals surface area contributed by atoms with Gasteiger partial charge in [0.15, 0.2) is 0 Å². The Hall–Kier alpha value is -1.63. The lowest BCUT2D eigenvalue weighted by atomic mass is 9.93. The summed E-state index contributed by atoms with van der Waals surface area (Å²) in [6.07, 6.45) is 3.57. The van der Waals surface area contributed by atoms with Crippen molar-refractivity contribution in [1.82, 2.24) is 9.78 Å². The zero-order valence-electron chi connectivity index (χ0n) is 13.1. The van der Waals surface area contributed by atoms with Crippen molar-refractivity contribution in [3.8, 4) is 0 Å². The molecular formula is C14H25N5O2. The Morgan fingerprint density at radius 2 is 2.19 bits per heavy atom. The van der Waals surface area contributed by atoms with Gasteiger partial charge in [0.2, 0.25) is 5.82 Å². The highest BCUT2D eigenvalue weighted by Crippen LogP contribution is 2.36. The highest BCUT2D eigenvalue weighted by molar-refractivity contribution is 5.62. The summed E-state index contributed by atoms with van der Waals surface area (Å²) in [7, 11) is 1.79. The third-order valence-electron chi connectivity index (χ3n) is 4.32. The minimum Gasteiger partial charge on any atom is -0.348 e. The number of hydrogen-bond acceptors (Lipinski definition) is 5. The Balaban J connectivity index is 2.43. The molecule has 21 heavy (non-hydrogen) atoms. The van der Waals surface area contributed by atoms with Gasteiger partial charge in [-0.25, -0.2) is 4.68 Å². The van der Waals surface area contributed by atoms with E-state index in [-0.39, 0.29) is 16.7 Å². The first-order chi connectivity index (χ1) is 9.99. The predicted octanol–water partition coefficient (Wildman–Crippen LogP) is 1.84. The Bertz CT molecular complexity index is 514. The number of piperidine rings is 1. The predicted molar refractivity (Wildman–Crippen MR) is 82.4 cm³/mol. The first kappa shape index (κ1) is 15.8. The molecule has 0 radical (unpaired) electrons. The van der Waals surface area contributed by atoms with Crippen LogP contribution in [0.4, 0.5) is 11.5 Å². The fourth-order valence-electron chi connectivity index (χ4n) is 3.14. The van der Waals surface area contributed by atoms with Gasteiger partial charge in [0.1, 0.15) is 5.69 Å². The third kappa shape index (κ3) is 3.02. The third-order valence-corrected chi connectivity index (χ3v) is 4.32. The summed E-state index contributed by atoms with van der Waals surface area (Å²) in [5.74, 6) is 1.03. The summed E-state index contributed by atoms with van der Waals surface area (Å²) in [5.41, 5.74) is 6.55. The van der Waals surface area contributed by atoms with Gasteiger partial charge in [0, 0.05) is 19.6 Å². The van der Waals surface area contributed by atoms with E-state index in [1.165, 1.54) is 0 Å². The van der Waals surface area contributed by atoms with E-state index in [1.54, 1.807) is 11.7 Å². The second-order valence-corrected chi connectivity index (χ2v) is 5.93. The van der Waals surface area contributed by atoms with E-state index >= 15 is 0 Å². The summed E-state index contributed by atoms with van der Waals surface area (Å²) in [6.45, 7) is 5.51. The van der Waals surface area contributed by atoms with Crippen LogP contribution in [0.15, 0.2) is 0 Å². The van der Waals surface area contributed by atoms with E-state index in [4.69, 9.17) is 5.73 Å². The van der Waals surface area contributed by atoms with Crippen LogP contribution in [0.1, 0.15) is 38.8 Å². The van der Waals surface area contributed by atoms with Gasteiger partial charge in [-0.1, -0.05) is 13.3 Å². The molecule has 2 unspecified atom stereocenters. The first-order valence-corrected chi connectivity index (χ1v) is 7.66. The molecule has 2 atom stereocenters. The molecule has 2 rings (SSSR count). The first-order valence-electron chi connectivity index (χ1n) is 7.66. The van der Waals surface area contributed by atoms with Crippen molar-refractivity contribution in [2.75, 3.05) is 18.0 Å². The molecule has 0 amide bonds. The van der Waals surface area contributed by atoms with Crippen molar-refractivity contribution in [2.24, 2.45) is 18.7 Å². The summed E-state index contributed by atoms with van der Waals surface area (Å²) < 4.78 is 1.67. The molecule has 2 heterocycles. The molecule has 1 saturated heterocycles. The Morgan fingerprint density at radius 1 is 1.48 bits per heavy atom. The van der Waals surface area contributed by atoms with Crippen LogP contribution in [0, 0.1) is 16.0 Å². The standard InChI is InChI=1S/C14H25N5O2/c1-4-5-12-13(19(20)21)14(17(3)16-12)18-9-11(8-15)7-6-10(18)2/h10-11H,4-9,15H2,1-3H3. The van der Waals surface area contributed by atoms with Crippen LogP contribution in [-0.4, -0.2) is 33.8 Å². The SMILES string of the molecule is CCCc1nn(C)c(N2CC(CN)CCC2C)c1[N+](=O)[O-]. The maximum atomic E-state index is 11.5. The molecule has 0 bridgehead atoms. The fraction of sp³-hybridized carbons (Fsp3) is 0.786. The van der Waals surface area contributed by atoms with Gasteiger partial charge in [-0.05, 0) is 38.6 Å². The Morgan fingerprint density at radius 3 is 2.76 bits per heavy atom. The molecule has 1 aliphatic rings. The summed E-state index contributed by atoms with van der Waals surface area (Å²) >= 11 is 0. The molecule has 118 valence electrons. The van der Waals surface area contributed by atoms with Crippen molar-refractivity contribution in [3.63, 3.8) is 0 Å². The Kier molecular flexibility index (Phi) is 4.82. The van der Waals surface area contributed by atoms with Gasteiger partial charge in [0.05, 0.1) is 4.92 Å². The van der Waals surface area contributed by atoms with Gasteiger partial charge in [-0.15, -0.1) is 0 Å². The van der Waals surface area contributed by atoms with Crippen LogP contribution >= 0.6 is 0 Å². The van der Waals surface area contributed by atoms with E-state index in [0.717, 1.165) is 25.8 Å². The number of nitro groups is 1. The van der Waals surface area contributed by atoms with E-state index in [0.29, 0.717) is 30.4 Å². The lowest BCUT2D eigenvalue weighted by Crippen LogP contribution is -2.45. The molecule has 0 aromatic carbocycles. The Labute approximate surface area is 125 Å². The fourth-order valence-corrected chi connectivity index (χ4v) is 3.14. The largest absolute Gasteiger partial charge is 0.348 e. The maximum Gasteiger partial charge on any atom is 0.334 e. The smallest absolute Gasteiger partial charge is 0.334 e. The molecule has 1 aliphatic heterocycles. The molecule has 7 nitrogen and oxygen atoms in total. The average molecular weight is 295 g/mol. The number of aromatic nitrogens is 2. The average Bonchev–Trinajstić information content (AvgIpc) is 2.76. The molecule has 0 spiro atoms. The van der Waals surface area contributed by atoms with E-state index in [1.807, 2.05) is 6.92 Å². The van der Waals surface area contributed by atoms with Crippen molar-refractivity contribution in [2.45, 2.75) is 45.6 Å². The van der Waals surface area contributed by atoms with Crippen LogP contribution in [-0.2, 0) is 13.5 Å². The van der Waals surface area contributed by atoms with Gasteiger partial charge in [-0.3, -0.25) is 10.1 Å². The van der Waals surface area contributed by atoms with Crippen LogP contribution in [0.25, 0.3) is 0 Å². The van der Waals surface area contributed by atoms with Gasteiger partial charge in [-0.2, -0.15) is 5.10 Å². The van der Waals surface area contributed by atoms with Gasteiger partial charge < -0.3 is 10.6 Å². The summed E-state index contributed by atoms with van der Waals surface area (Å²) in [4.78, 5) is 13.4. The van der Waals surface area contributed by atoms with Crippen LogP contribution in [0.5, 0.6) is 0 Å². The summed E-state index contributed by atoms with van der Waals surface area (Å²) in [5, 5.41) is 15.9. The van der Waals surface area contributed by atoms with E-state index in [2.05, 4.69) is 16.9 Å². The van der Waals surface area contributed by atoms with Crippen LogP contribution in [0.2, 0.25) is 0 Å². The highest BCUT2D eigenvalue weighted by Gasteiger charge is 2.35. The number of aryl methyl sites for hydroxylation is 2. The lowest BCUT2D eigenvalue weighted by molar-refractivity contribution is -0.384. The van der Waals surface area contributed by atoms with Crippen molar-refractivity contribution in [3.05, 3.63) is 15.8 Å². The molecule has 0 saturated carbocycles. The molecule has 0 aliphatic carbocycles. The second kappa shape index (κ2) is 6.43. The molecule has 1 aromatic rings. The molecule has 2 N–H and O–H groups in total. The van der Waals surface area contributed by atoms with Crippen molar-refractivity contribution < 1.29 is 4.92 Å². The summed E-state index contributed by atoms with van der Waals surface area (Å²) in [6, 6.07) is 0.274. The number of rotatable bonds is 5. The quantitative estimate of drug-likeness (QED) is 0.661. The molecular weight excluding hydrogens is 270 g/mol.